The van der Waals surface area contributed by atoms with Gasteiger partial charge in [-0.2, -0.15) is 5.26 Å². The van der Waals surface area contributed by atoms with Crippen LogP contribution in [0.25, 0.3) is 0 Å². The van der Waals surface area contributed by atoms with Crippen LogP contribution in [0.2, 0.25) is 0 Å². The molecule has 0 radical (unpaired) electrons. The van der Waals surface area contributed by atoms with Crippen LogP contribution < -0.4 is 24.7 Å². The van der Waals surface area contributed by atoms with Gasteiger partial charge in [-0.25, -0.2) is 4.79 Å². The maximum Gasteiger partial charge on any atom is 0.349 e. The average molecular weight is 469 g/mol. The predicted molar refractivity (Wildman–Crippen MR) is 130 cm³/mol. The first kappa shape index (κ1) is 23.5. The van der Waals surface area contributed by atoms with E-state index >= 15 is 0 Å². The van der Waals surface area contributed by atoms with Gasteiger partial charge in [0.1, 0.15) is 41.2 Å². The second-order valence-electron chi connectivity index (χ2n) is 7.87. The summed E-state index contributed by atoms with van der Waals surface area (Å²) in [4.78, 5) is 12.3. The third kappa shape index (κ3) is 5.45. The number of nitrogens with zero attached hydrogens (tertiary/aromatic N) is 1. The van der Waals surface area contributed by atoms with E-state index < -0.39 is 11.9 Å². The molecule has 0 saturated heterocycles. The highest BCUT2D eigenvalue weighted by Crippen LogP contribution is 2.43. The smallest absolute Gasteiger partial charge is 0.349 e. The Morgan fingerprint density at radius 1 is 1.06 bits per heavy atom. The first-order chi connectivity index (χ1) is 17.0. The molecule has 1 aliphatic rings. The third-order valence-corrected chi connectivity index (χ3v) is 5.38. The van der Waals surface area contributed by atoms with Crippen molar-refractivity contribution in [3.63, 3.8) is 0 Å². The number of nitrogens with two attached hydrogens (primary N) is 1. The van der Waals surface area contributed by atoms with Gasteiger partial charge < -0.3 is 24.7 Å². The molecule has 2 N–H and O–H groups in total. The largest absolute Gasteiger partial charge is 0.490 e. The van der Waals surface area contributed by atoms with Crippen LogP contribution >= 0.6 is 0 Å². The predicted octanol–water partition coefficient (Wildman–Crippen LogP) is 4.76. The third-order valence-electron chi connectivity index (χ3n) is 5.38. The highest BCUT2D eigenvalue weighted by molar-refractivity contribution is 5.74. The average Bonchev–Trinajstić information content (AvgIpc) is 2.86. The quantitative estimate of drug-likeness (QED) is 0.289. The van der Waals surface area contributed by atoms with Crippen LogP contribution in [0.3, 0.4) is 0 Å². The lowest BCUT2D eigenvalue weighted by Crippen LogP contribution is -2.21. The molecule has 0 spiro atoms. The van der Waals surface area contributed by atoms with Gasteiger partial charge in [0.25, 0.3) is 0 Å². The minimum absolute atomic E-state index is 0.00293. The first-order valence-corrected chi connectivity index (χ1v) is 10.9. The molecule has 0 amide bonds. The van der Waals surface area contributed by atoms with E-state index in [1.165, 1.54) is 0 Å². The van der Waals surface area contributed by atoms with Crippen LogP contribution in [0.15, 0.2) is 90.8 Å². The molecule has 0 aliphatic carbocycles. The van der Waals surface area contributed by atoms with Crippen molar-refractivity contribution >= 4 is 5.97 Å². The van der Waals surface area contributed by atoms with Crippen LogP contribution in [0.4, 0.5) is 0 Å². The Hall–Kier alpha value is -4.70. The molecule has 3 aromatic rings. The minimum Gasteiger partial charge on any atom is -0.490 e. The SMILES string of the molecule is C=CCOc1ccc(C2C(C#N)=C(N)Oc3cc(OC(=O)COc4ccc(C)cc4)ccc32)cc1. The number of nitriles is 1. The molecular weight excluding hydrogens is 444 g/mol. The molecule has 0 aromatic heterocycles. The number of benzene rings is 3. The van der Waals surface area contributed by atoms with E-state index in [-0.39, 0.29) is 18.2 Å². The highest BCUT2D eigenvalue weighted by atomic mass is 16.6. The zero-order chi connectivity index (χ0) is 24.8. The molecule has 176 valence electrons. The molecule has 3 aromatic carbocycles. The van der Waals surface area contributed by atoms with Gasteiger partial charge in [0, 0.05) is 11.6 Å². The molecular formula is C28H24N2O5. The summed E-state index contributed by atoms with van der Waals surface area (Å²) in [5, 5.41) is 9.74. The fraction of sp³-hybridized carbons (Fsp3) is 0.143. The van der Waals surface area contributed by atoms with E-state index in [1.54, 1.807) is 36.4 Å². The van der Waals surface area contributed by atoms with Crippen molar-refractivity contribution in [2.24, 2.45) is 5.73 Å². The summed E-state index contributed by atoms with van der Waals surface area (Å²) < 4.78 is 22.1. The molecule has 0 bridgehead atoms. The number of carbonyl (C=O) groups is 1. The summed E-state index contributed by atoms with van der Waals surface area (Å²) in [6.45, 7) is 5.76. The maximum absolute atomic E-state index is 12.3. The number of carbonyl (C=O) groups excluding carboxylic acids is 1. The topological polar surface area (TPSA) is 104 Å². The molecule has 1 unspecified atom stereocenters. The molecule has 1 atom stereocenters. The van der Waals surface area contributed by atoms with Crippen molar-refractivity contribution in [3.05, 3.63) is 108 Å². The van der Waals surface area contributed by atoms with Crippen molar-refractivity contribution in [2.75, 3.05) is 13.2 Å². The molecule has 1 aliphatic heterocycles. The summed E-state index contributed by atoms with van der Waals surface area (Å²) in [5.74, 6) is 0.951. The van der Waals surface area contributed by atoms with Gasteiger partial charge in [0.2, 0.25) is 5.88 Å². The standard InChI is InChI=1S/C28H24N2O5/c1-3-14-32-20-10-6-19(7-11-20)27-23-13-12-22(15-25(23)35-28(30)24(27)16-29)34-26(31)17-33-21-8-4-18(2)5-9-21/h3-13,15,27H,1,14,17,30H2,2H3. The van der Waals surface area contributed by atoms with Crippen LogP contribution in [0, 0.1) is 18.3 Å². The Labute approximate surface area is 203 Å². The summed E-state index contributed by atoms with van der Waals surface area (Å²) in [6, 6.07) is 21.9. The van der Waals surface area contributed by atoms with Crippen molar-refractivity contribution < 1.29 is 23.7 Å². The Morgan fingerprint density at radius 2 is 1.71 bits per heavy atom. The van der Waals surface area contributed by atoms with Crippen molar-refractivity contribution in [1.29, 1.82) is 5.26 Å². The zero-order valence-electron chi connectivity index (χ0n) is 19.2. The van der Waals surface area contributed by atoms with Gasteiger partial charge in [-0.05, 0) is 42.8 Å². The number of hydrogen-bond donors (Lipinski definition) is 1. The summed E-state index contributed by atoms with van der Waals surface area (Å²) in [7, 11) is 0. The van der Waals surface area contributed by atoms with Crippen LogP contribution in [0.1, 0.15) is 22.6 Å². The molecule has 7 heteroatoms. The fourth-order valence-electron chi connectivity index (χ4n) is 3.69. The zero-order valence-corrected chi connectivity index (χ0v) is 19.2. The molecule has 35 heavy (non-hydrogen) atoms. The van der Waals surface area contributed by atoms with E-state index in [2.05, 4.69) is 12.6 Å². The van der Waals surface area contributed by atoms with E-state index in [0.29, 0.717) is 29.4 Å². The minimum atomic E-state index is -0.561. The van der Waals surface area contributed by atoms with Crippen molar-refractivity contribution in [1.82, 2.24) is 0 Å². The summed E-state index contributed by atoms with van der Waals surface area (Å²) in [6.07, 6.45) is 1.67. The molecule has 4 rings (SSSR count). The fourth-order valence-corrected chi connectivity index (χ4v) is 3.69. The number of ether oxygens (including phenoxy) is 4. The number of esters is 1. The van der Waals surface area contributed by atoms with Crippen LogP contribution in [0.5, 0.6) is 23.0 Å². The first-order valence-electron chi connectivity index (χ1n) is 10.9. The van der Waals surface area contributed by atoms with Crippen molar-refractivity contribution in [2.45, 2.75) is 12.8 Å². The number of aryl methyl sites for hydroxylation is 1. The normalized spacial score (nSPS) is 14.2. The number of hydrogen-bond acceptors (Lipinski definition) is 7. The lowest BCUT2D eigenvalue weighted by Gasteiger charge is -2.26. The molecule has 7 nitrogen and oxygen atoms in total. The lowest BCUT2D eigenvalue weighted by molar-refractivity contribution is -0.136. The van der Waals surface area contributed by atoms with Crippen LogP contribution in [-0.4, -0.2) is 19.2 Å². The van der Waals surface area contributed by atoms with E-state index in [0.717, 1.165) is 16.7 Å². The molecule has 0 fully saturated rings. The van der Waals surface area contributed by atoms with E-state index in [9.17, 15) is 10.1 Å². The second-order valence-corrected chi connectivity index (χ2v) is 7.87. The lowest BCUT2D eigenvalue weighted by atomic mass is 9.83. The number of rotatable bonds is 8. The van der Waals surface area contributed by atoms with Gasteiger partial charge in [-0.3, -0.25) is 0 Å². The summed E-state index contributed by atoms with van der Waals surface area (Å²) >= 11 is 0. The van der Waals surface area contributed by atoms with Gasteiger partial charge in [0.15, 0.2) is 6.61 Å². The van der Waals surface area contributed by atoms with Gasteiger partial charge >= 0.3 is 5.97 Å². The van der Waals surface area contributed by atoms with Crippen molar-refractivity contribution in [3.8, 4) is 29.1 Å². The Kier molecular flexibility index (Phi) is 7.03. The van der Waals surface area contributed by atoms with E-state index in [4.69, 9.17) is 24.7 Å². The Bertz CT molecular complexity index is 1300. The monoisotopic (exact) mass is 468 g/mol. The Balaban J connectivity index is 1.52. The number of fused-ring (bicyclic) bond motifs is 1. The van der Waals surface area contributed by atoms with Gasteiger partial charge in [0.05, 0.1) is 5.92 Å². The highest BCUT2D eigenvalue weighted by Gasteiger charge is 2.31. The van der Waals surface area contributed by atoms with Gasteiger partial charge in [-0.15, -0.1) is 0 Å². The Morgan fingerprint density at radius 3 is 2.40 bits per heavy atom. The van der Waals surface area contributed by atoms with E-state index in [1.807, 2.05) is 43.3 Å². The maximum atomic E-state index is 12.3. The van der Waals surface area contributed by atoms with Gasteiger partial charge in [-0.1, -0.05) is 48.6 Å². The molecule has 1 heterocycles. The summed E-state index contributed by atoms with van der Waals surface area (Å²) in [5.41, 5.74) is 9.04. The second kappa shape index (κ2) is 10.5. The molecule has 0 saturated carbocycles. The number of allylic oxidation sites excluding steroid dienone is 1. The van der Waals surface area contributed by atoms with Crippen LogP contribution in [-0.2, 0) is 4.79 Å².